The van der Waals surface area contributed by atoms with Crippen LogP contribution in [0.15, 0.2) is 98.9 Å². The van der Waals surface area contributed by atoms with Crippen molar-refractivity contribution in [1.82, 2.24) is 14.8 Å². The number of hydrogen-bond donors (Lipinski definition) is 0. The van der Waals surface area contributed by atoms with Gasteiger partial charge in [0.1, 0.15) is 22.4 Å². The molecule has 3 saturated carbocycles. The van der Waals surface area contributed by atoms with Crippen molar-refractivity contribution >= 4 is 33.0 Å². The average Bonchev–Trinajstić information content (AvgIpc) is 4.43. The summed E-state index contributed by atoms with van der Waals surface area (Å²) in [5, 5.41) is 2.42. The number of aryl methyl sites for hydroxylation is 8. The second kappa shape index (κ2) is 30.6. The molecule has 4 aromatic carbocycles. The monoisotopic (exact) mass is 1130 g/mol. The molecule has 7 aromatic rings. The van der Waals surface area contributed by atoms with E-state index in [1.54, 1.807) is 38.5 Å². The molecule has 0 radical (unpaired) electrons. The fourth-order valence-electron chi connectivity index (χ4n) is 13.2. The zero-order valence-corrected chi connectivity index (χ0v) is 53.1. The van der Waals surface area contributed by atoms with Crippen molar-refractivity contribution in [2.45, 2.75) is 193 Å². The Kier molecular flexibility index (Phi) is 24.7. The van der Waals surface area contributed by atoms with E-state index in [2.05, 4.69) is 140 Å². The maximum atomic E-state index is 11.8. The standard InChI is InChI=1S/2C10H10O.C10H18.C9H9F3O.C9H9NO.C9H17N.C7H15NO.C7H14/c1-7-5-8(2)10-9(6-7)3-4-11-10;1-7-3-4-10-9(5-7)8(2)6-11-10;1-7-3-9-5-8(2)6-10(9)4-7;1-6-3-4-7(2)8(5-6)13-9(10,11)12;1-6-3-4-7(2)9-8(6)10-5-11-9;1-7-6-10-4-3-9(7)5-8(10)2;1-6-4-9-5-7(2)8(6)3;1-6-3-4-7(2)5-6/h2*3-6H,1-2H3;7-10H,3-6H2,1-2H3;3-5H,1-2H3;3-5H,1-2H3;7-9H,3-6H2,1-2H3;6-7H,4-5H2,1-3H3;6-7H,3-5H2,1-2H3. The van der Waals surface area contributed by atoms with Gasteiger partial charge in [0.25, 0.3) is 0 Å². The minimum atomic E-state index is -4.61. The Morgan fingerprint density at radius 3 is 1.66 bits per heavy atom. The van der Waals surface area contributed by atoms with E-state index in [4.69, 9.17) is 18.0 Å². The molecule has 7 aliphatic rings. The number of rotatable bonds is 1. The highest BCUT2D eigenvalue weighted by molar-refractivity contribution is 5.82. The van der Waals surface area contributed by atoms with Gasteiger partial charge in [0.15, 0.2) is 12.0 Å². The van der Waals surface area contributed by atoms with E-state index in [0.29, 0.717) is 17.6 Å². The first-order valence-electron chi connectivity index (χ1n) is 30.8. The summed E-state index contributed by atoms with van der Waals surface area (Å²) in [6.45, 7) is 38.9. The third kappa shape index (κ3) is 19.8. The van der Waals surface area contributed by atoms with Crippen molar-refractivity contribution in [1.29, 1.82) is 0 Å². The molecule has 14 rings (SSSR count). The van der Waals surface area contributed by atoms with E-state index in [9.17, 15) is 13.2 Å². The molecule has 82 heavy (non-hydrogen) atoms. The lowest BCUT2D eigenvalue weighted by molar-refractivity contribution is -0.274. The first-order valence-corrected chi connectivity index (χ1v) is 30.8. The SMILES string of the molecule is CC1CC2CC(C)CC2C1.CC1CCC(C)C1.CC1CN2CCC1CC2C.CC1COCC(C)N1C.Cc1cc(C)c2occc2c1.Cc1ccc(C)c(OC(F)(F)F)c1.Cc1ccc(C)c2ocnc12.Cc1ccc2occ(C)c2c1. The number of benzene rings is 4. The Labute approximate surface area is 491 Å². The Morgan fingerprint density at radius 1 is 0.537 bits per heavy atom. The number of oxazole rings is 1. The van der Waals surface area contributed by atoms with Gasteiger partial charge in [0, 0.05) is 35.4 Å². The normalized spacial score (nSPS) is 27.0. The molecule has 452 valence electrons. The Hall–Kier alpha value is -5.10. The van der Waals surface area contributed by atoms with E-state index in [1.807, 2.05) is 32.0 Å². The van der Waals surface area contributed by atoms with Gasteiger partial charge in [-0.2, -0.15) is 0 Å². The lowest BCUT2D eigenvalue weighted by atomic mass is 9.77. The van der Waals surface area contributed by atoms with Crippen LogP contribution in [0.5, 0.6) is 5.75 Å². The van der Waals surface area contributed by atoms with Crippen molar-refractivity contribution in [3.8, 4) is 5.75 Å². The highest BCUT2D eigenvalue weighted by Gasteiger charge is 2.38. The van der Waals surface area contributed by atoms with Gasteiger partial charge in [0.2, 0.25) is 0 Å². The predicted octanol–water partition coefficient (Wildman–Crippen LogP) is 19.7. The molecule has 8 nitrogen and oxygen atoms in total. The zero-order chi connectivity index (χ0) is 60.0. The minimum Gasteiger partial charge on any atom is -0.464 e. The number of hydrogen-bond acceptors (Lipinski definition) is 8. The van der Waals surface area contributed by atoms with Crippen LogP contribution in [0.2, 0.25) is 0 Å². The number of alkyl halides is 3. The molecule has 0 spiro atoms. The van der Waals surface area contributed by atoms with Gasteiger partial charge >= 0.3 is 6.36 Å². The second-order valence-corrected chi connectivity index (χ2v) is 26.1. The van der Waals surface area contributed by atoms with Crippen LogP contribution < -0.4 is 4.74 Å². The van der Waals surface area contributed by atoms with Crippen LogP contribution in [-0.2, 0) is 4.74 Å². The number of fused-ring (bicyclic) bond motifs is 7. The fraction of sp³-hybridized carbons (Fsp3) is 0.592. The number of nitrogens with zero attached hydrogens (tertiary/aromatic N) is 3. The predicted molar refractivity (Wildman–Crippen MR) is 334 cm³/mol. The Bertz CT molecular complexity index is 2930. The minimum absolute atomic E-state index is 0.132. The molecule has 3 aliphatic carbocycles. The van der Waals surface area contributed by atoms with Gasteiger partial charge in [-0.15, -0.1) is 13.2 Å². The molecule has 7 heterocycles. The van der Waals surface area contributed by atoms with Gasteiger partial charge in [-0.1, -0.05) is 95.0 Å². The molecule has 0 N–H and O–H groups in total. The van der Waals surface area contributed by atoms with Crippen molar-refractivity contribution in [3.63, 3.8) is 0 Å². The van der Waals surface area contributed by atoms with E-state index < -0.39 is 6.36 Å². The van der Waals surface area contributed by atoms with Gasteiger partial charge in [0.05, 0.1) is 25.7 Å². The molecule has 7 fully saturated rings. The van der Waals surface area contributed by atoms with Gasteiger partial charge in [-0.3, -0.25) is 4.90 Å². The number of ether oxygens (including phenoxy) is 2. The van der Waals surface area contributed by atoms with Gasteiger partial charge in [-0.05, 0) is 246 Å². The third-order valence-electron chi connectivity index (χ3n) is 18.2. The number of likely N-dealkylation sites (N-methyl/N-ethyl adjacent to an activating group) is 1. The van der Waals surface area contributed by atoms with Crippen LogP contribution in [-0.4, -0.2) is 72.6 Å². The third-order valence-corrected chi connectivity index (χ3v) is 18.2. The summed E-state index contributed by atoms with van der Waals surface area (Å²) in [6.07, 6.45) is 13.9. The highest BCUT2D eigenvalue weighted by Crippen LogP contribution is 2.48. The average molecular weight is 1130 g/mol. The van der Waals surface area contributed by atoms with E-state index in [-0.39, 0.29) is 5.75 Å². The lowest BCUT2D eigenvalue weighted by Gasteiger charge is -2.47. The number of morpholine rings is 1. The van der Waals surface area contributed by atoms with Crippen molar-refractivity contribution in [2.75, 3.05) is 33.4 Å². The van der Waals surface area contributed by atoms with Crippen molar-refractivity contribution in [3.05, 3.63) is 130 Å². The van der Waals surface area contributed by atoms with Crippen molar-refractivity contribution in [2.24, 2.45) is 47.3 Å². The molecule has 8 atom stereocenters. The summed E-state index contributed by atoms with van der Waals surface area (Å²) in [6, 6.07) is 23.3. The summed E-state index contributed by atoms with van der Waals surface area (Å²) in [4.78, 5) is 9.11. The largest absolute Gasteiger partial charge is 0.573 e. The number of halogens is 3. The zero-order valence-electron chi connectivity index (χ0n) is 53.1. The number of furan rings is 2. The molecule has 11 heteroatoms. The molecule has 8 unspecified atom stereocenters. The highest BCUT2D eigenvalue weighted by atomic mass is 19.4. The summed E-state index contributed by atoms with van der Waals surface area (Å²) >= 11 is 0. The van der Waals surface area contributed by atoms with E-state index in [1.165, 1.54) is 122 Å². The van der Waals surface area contributed by atoms with E-state index >= 15 is 0 Å². The maximum Gasteiger partial charge on any atom is 0.573 e. The summed E-state index contributed by atoms with van der Waals surface area (Å²) in [5.74, 6) is 8.29. The molecule has 3 aromatic heterocycles. The van der Waals surface area contributed by atoms with Crippen LogP contribution in [0.1, 0.15) is 158 Å². The molecular formula is C71H102F3N3O5. The van der Waals surface area contributed by atoms with Crippen LogP contribution in [0, 0.1) is 103 Å². The van der Waals surface area contributed by atoms with Crippen LogP contribution in [0.4, 0.5) is 13.2 Å². The second-order valence-electron chi connectivity index (χ2n) is 26.1. The molecule has 4 saturated heterocycles. The molecule has 4 aliphatic heterocycles. The maximum absolute atomic E-state index is 11.8. The van der Waals surface area contributed by atoms with Gasteiger partial charge in [-0.25, -0.2) is 4.98 Å². The fourth-order valence-corrected chi connectivity index (χ4v) is 13.2. The van der Waals surface area contributed by atoms with Crippen molar-refractivity contribution < 1.29 is 35.9 Å². The topological polar surface area (TPSA) is 77.2 Å². The quantitative estimate of drug-likeness (QED) is 0.161. The van der Waals surface area contributed by atoms with Crippen LogP contribution in [0.3, 0.4) is 0 Å². The summed E-state index contributed by atoms with van der Waals surface area (Å²) in [7, 11) is 2.15. The Morgan fingerprint density at radius 2 is 1.13 bits per heavy atom. The number of piperidine rings is 3. The van der Waals surface area contributed by atoms with Crippen LogP contribution in [0.25, 0.3) is 33.0 Å². The summed E-state index contributed by atoms with van der Waals surface area (Å²) < 4.78 is 60.5. The Balaban J connectivity index is 0.000000151. The van der Waals surface area contributed by atoms with E-state index in [0.717, 1.165) is 100.0 Å². The first kappa shape index (κ1) is 66.0. The van der Waals surface area contributed by atoms with Crippen LogP contribution >= 0.6 is 0 Å². The first-order chi connectivity index (χ1) is 38.7. The molecule has 0 amide bonds. The number of aromatic nitrogens is 1. The smallest absolute Gasteiger partial charge is 0.464 e. The summed E-state index contributed by atoms with van der Waals surface area (Å²) in [5.41, 5.74) is 12.4. The molecular weight excluding hydrogens is 1030 g/mol. The molecule has 2 bridgehead atoms. The van der Waals surface area contributed by atoms with Gasteiger partial charge < -0.3 is 27.6 Å². The lowest BCUT2D eigenvalue weighted by Crippen LogP contribution is -2.51.